The molecule has 0 unspecified atom stereocenters. The quantitative estimate of drug-likeness (QED) is 0.381. The molecule has 0 heterocycles. The Hall–Kier alpha value is -3.40. The molecule has 0 aliphatic carbocycles. The molecule has 3 aromatic rings. The number of esters is 1. The normalized spacial score (nSPS) is 10.6. The molecule has 0 bridgehead atoms. The molecule has 0 saturated carbocycles. The monoisotopic (exact) mass is 374 g/mol. The van der Waals surface area contributed by atoms with Gasteiger partial charge < -0.3 is 9.84 Å². The standard InChI is InChI=1S/C24H22O4/c1-14-8-20(9-15(2)22(14)26)21-10-16(3)23(17(4)11-21)28-24(27)19-7-5-6-18(12-19)13-25/h5-13,26H,1-4H3. The highest BCUT2D eigenvalue weighted by Gasteiger charge is 2.15. The van der Waals surface area contributed by atoms with Gasteiger partial charge in [0.2, 0.25) is 0 Å². The van der Waals surface area contributed by atoms with Crippen molar-refractivity contribution in [1.29, 1.82) is 0 Å². The molecule has 142 valence electrons. The molecule has 0 saturated heterocycles. The van der Waals surface area contributed by atoms with Crippen LogP contribution in [0.5, 0.6) is 11.5 Å². The van der Waals surface area contributed by atoms with Crippen LogP contribution in [0.1, 0.15) is 43.0 Å². The molecule has 0 spiro atoms. The van der Waals surface area contributed by atoms with E-state index in [0.29, 0.717) is 28.9 Å². The van der Waals surface area contributed by atoms with Gasteiger partial charge in [-0.1, -0.05) is 12.1 Å². The molecule has 0 aliphatic heterocycles. The minimum atomic E-state index is -0.501. The minimum Gasteiger partial charge on any atom is -0.507 e. The maximum atomic E-state index is 12.5. The number of carbonyl (C=O) groups is 2. The summed E-state index contributed by atoms with van der Waals surface area (Å²) >= 11 is 0. The molecule has 4 nitrogen and oxygen atoms in total. The zero-order valence-corrected chi connectivity index (χ0v) is 16.4. The molecular formula is C24H22O4. The van der Waals surface area contributed by atoms with Crippen LogP contribution in [0.4, 0.5) is 0 Å². The lowest BCUT2D eigenvalue weighted by atomic mass is 9.96. The zero-order chi connectivity index (χ0) is 20.4. The van der Waals surface area contributed by atoms with E-state index in [2.05, 4.69) is 0 Å². The first-order valence-electron chi connectivity index (χ1n) is 8.99. The van der Waals surface area contributed by atoms with Crippen LogP contribution in [0.3, 0.4) is 0 Å². The van der Waals surface area contributed by atoms with E-state index in [1.807, 2.05) is 52.0 Å². The van der Waals surface area contributed by atoms with Crippen molar-refractivity contribution in [3.8, 4) is 22.6 Å². The second-order valence-electron chi connectivity index (χ2n) is 7.03. The number of hydrogen-bond acceptors (Lipinski definition) is 4. The van der Waals surface area contributed by atoms with Crippen LogP contribution in [-0.2, 0) is 0 Å². The third kappa shape index (κ3) is 3.81. The van der Waals surface area contributed by atoms with Crippen LogP contribution in [0.15, 0.2) is 48.5 Å². The summed E-state index contributed by atoms with van der Waals surface area (Å²) in [6.45, 7) is 7.52. The van der Waals surface area contributed by atoms with E-state index >= 15 is 0 Å². The highest BCUT2D eigenvalue weighted by molar-refractivity contribution is 5.93. The summed E-state index contributed by atoms with van der Waals surface area (Å²) in [6, 6.07) is 14.2. The molecule has 0 amide bonds. The molecule has 4 heteroatoms. The van der Waals surface area contributed by atoms with E-state index in [-0.39, 0.29) is 0 Å². The summed E-state index contributed by atoms with van der Waals surface area (Å²) in [7, 11) is 0. The number of aryl methyl sites for hydroxylation is 4. The van der Waals surface area contributed by atoms with Gasteiger partial charge in [-0.3, -0.25) is 4.79 Å². The van der Waals surface area contributed by atoms with Crippen molar-refractivity contribution in [2.24, 2.45) is 0 Å². The minimum absolute atomic E-state index is 0.306. The molecule has 0 fully saturated rings. The fourth-order valence-corrected chi connectivity index (χ4v) is 3.29. The number of carbonyl (C=O) groups excluding carboxylic acids is 2. The first-order chi connectivity index (χ1) is 13.3. The maximum Gasteiger partial charge on any atom is 0.343 e. The van der Waals surface area contributed by atoms with Gasteiger partial charge in [0.25, 0.3) is 0 Å². The van der Waals surface area contributed by atoms with E-state index in [1.54, 1.807) is 18.2 Å². The molecule has 1 N–H and O–H groups in total. The van der Waals surface area contributed by atoms with Crippen molar-refractivity contribution < 1.29 is 19.4 Å². The van der Waals surface area contributed by atoms with E-state index < -0.39 is 5.97 Å². The summed E-state index contributed by atoms with van der Waals surface area (Å²) in [5.74, 6) is 0.316. The fraction of sp³-hybridized carbons (Fsp3) is 0.167. The smallest absolute Gasteiger partial charge is 0.343 e. The van der Waals surface area contributed by atoms with Gasteiger partial charge in [0.15, 0.2) is 0 Å². The van der Waals surface area contributed by atoms with Gasteiger partial charge in [-0.05, 0) is 97.5 Å². The number of hydrogen-bond donors (Lipinski definition) is 1. The third-order valence-electron chi connectivity index (χ3n) is 4.74. The number of aromatic hydroxyl groups is 1. The van der Waals surface area contributed by atoms with E-state index in [0.717, 1.165) is 33.4 Å². The lowest BCUT2D eigenvalue weighted by Crippen LogP contribution is -2.10. The van der Waals surface area contributed by atoms with E-state index in [1.165, 1.54) is 6.07 Å². The maximum absolute atomic E-state index is 12.5. The number of phenolic OH excluding ortho intramolecular Hbond substituents is 1. The number of benzene rings is 3. The SMILES string of the molecule is Cc1cc(-c2cc(C)c(OC(=O)c3cccc(C=O)c3)c(C)c2)cc(C)c1O. The number of ether oxygens (including phenoxy) is 1. The Kier molecular flexibility index (Phi) is 5.32. The number of phenols is 1. The first kappa shape index (κ1) is 19.4. The van der Waals surface area contributed by atoms with Gasteiger partial charge in [-0.15, -0.1) is 0 Å². The van der Waals surface area contributed by atoms with Crippen LogP contribution in [0, 0.1) is 27.7 Å². The Morgan fingerprint density at radius 3 is 1.93 bits per heavy atom. The Bertz CT molecular complexity index is 1030. The van der Waals surface area contributed by atoms with Gasteiger partial charge in [0.05, 0.1) is 5.56 Å². The lowest BCUT2D eigenvalue weighted by Gasteiger charge is -2.14. The predicted molar refractivity (Wildman–Crippen MR) is 109 cm³/mol. The Labute approximate surface area is 164 Å². The molecule has 3 aromatic carbocycles. The van der Waals surface area contributed by atoms with Gasteiger partial charge in [-0.25, -0.2) is 4.79 Å². The van der Waals surface area contributed by atoms with Crippen molar-refractivity contribution in [3.63, 3.8) is 0 Å². The molecule has 0 aromatic heterocycles. The summed E-state index contributed by atoms with van der Waals surface area (Å²) < 4.78 is 5.62. The molecule has 0 aliphatic rings. The predicted octanol–water partition coefficient (Wildman–Crippen LogP) is 5.32. The van der Waals surface area contributed by atoms with Crippen molar-refractivity contribution >= 4 is 12.3 Å². The lowest BCUT2D eigenvalue weighted by molar-refractivity contribution is 0.0732. The van der Waals surface area contributed by atoms with Crippen LogP contribution in [-0.4, -0.2) is 17.4 Å². The summed E-state index contributed by atoms with van der Waals surface area (Å²) in [5.41, 5.74) is 6.04. The largest absolute Gasteiger partial charge is 0.507 e. The molecule has 0 atom stereocenters. The molecular weight excluding hydrogens is 352 g/mol. The van der Waals surface area contributed by atoms with Crippen LogP contribution in [0.2, 0.25) is 0 Å². The van der Waals surface area contributed by atoms with E-state index in [4.69, 9.17) is 4.74 Å². The number of rotatable bonds is 4. The van der Waals surface area contributed by atoms with Crippen LogP contribution < -0.4 is 4.74 Å². The average molecular weight is 374 g/mol. The highest BCUT2D eigenvalue weighted by atomic mass is 16.5. The van der Waals surface area contributed by atoms with Gasteiger partial charge >= 0.3 is 5.97 Å². The van der Waals surface area contributed by atoms with E-state index in [9.17, 15) is 14.7 Å². The fourth-order valence-electron chi connectivity index (χ4n) is 3.29. The zero-order valence-electron chi connectivity index (χ0n) is 16.4. The second-order valence-corrected chi connectivity index (χ2v) is 7.03. The van der Waals surface area contributed by atoms with Gasteiger partial charge in [-0.2, -0.15) is 0 Å². The highest BCUT2D eigenvalue weighted by Crippen LogP contribution is 2.34. The van der Waals surface area contributed by atoms with Crippen molar-refractivity contribution in [2.45, 2.75) is 27.7 Å². The summed E-state index contributed by atoms with van der Waals surface area (Å²) in [4.78, 5) is 23.4. The van der Waals surface area contributed by atoms with Crippen molar-refractivity contribution in [3.05, 3.63) is 81.9 Å². The van der Waals surface area contributed by atoms with Gasteiger partial charge in [0, 0.05) is 5.56 Å². The molecule has 0 radical (unpaired) electrons. The molecule has 28 heavy (non-hydrogen) atoms. The Balaban J connectivity index is 1.94. The second kappa shape index (κ2) is 7.69. The van der Waals surface area contributed by atoms with Crippen LogP contribution >= 0.6 is 0 Å². The summed E-state index contributed by atoms with van der Waals surface area (Å²) in [6.07, 6.45) is 0.698. The van der Waals surface area contributed by atoms with Crippen LogP contribution in [0.25, 0.3) is 11.1 Å². The average Bonchev–Trinajstić information content (AvgIpc) is 2.68. The Morgan fingerprint density at radius 2 is 1.39 bits per heavy atom. The third-order valence-corrected chi connectivity index (χ3v) is 4.74. The topological polar surface area (TPSA) is 63.6 Å². The molecule has 3 rings (SSSR count). The van der Waals surface area contributed by atoms with Crippen molar-refractivity contribution in [1.82, 2.24) is 0 Å². The Morgan fingerprint density at radius 1 is 0.857 bits per heavy atom. The van der Waals surface area contributed by atoms with Gasteiger partial charge in [0.1, 0.15) is 17.8 Å². The summed E-state index contributed by atoms with van der Waals surface area (Å²) in [5, 5.41) is 10.00. The number of aldehydes is 1. The first-order valence-corrected chi connectivity index (χ1v) is 8.99. The van der Waals surface area contributed by atoms with Crippen molar-refractivity contribution in [2.75, 3.05) is 0 Å².